The van der Waals surface area contributed by atoms with Gasteiger partial charge in [-0.25, -0.2) is 0 Å². The lowest BCUT2D eigenvalue weighted by atomic mass is 9.31. The number of piperidine rings is 1. The first-order chi connectivity index (χ1) is 16.7. The van der Waals surface area contributed by atoms with Crippen LogP contribution in [0, 0.1) is 29.6 Å². The Balaban J connectivity index is 1.64. The van der Waals surface area contributed by atoms with E-state index in [1.807, 2.05) is 14.0 Å². The molecule has 0 aromatic heterocycles. The van der Waals surface area contributed by atoms with E-state index < -0.39 is 16.8 Å². The Kier molecular flexibility index (Phi) is 5.01. The monoisotopic (exact) mass is 497 g/mol. The maximum Gasteiger partial charge on any atom is 0.166 e. The standard InChI is InChI=1S/C31H47NO4/c1-19-9-12-22(33)25-24(19)30-15-16-32(18-21-10-11-21)20(2)29(30)13-14-31(35-8,28(30,7)36-25)23(17-29)27(6,34)26(3,4)5/h9,12,20-21,23,33-34H,10-11,13-18H2,1-8H3/t20-,23-,27?,28+,29-,30+,31?/m1/s1. The quantitative estimate of drug-likeness (QED) is 0.569. The molecule has 2 bridgehead atoms. The van der Waals surface area contributed by atoms with Gasteiger partial charge in [0.1, 0.15) is 11.2 Å². The zero-order valence-electron chi connectivity index (χ0n) is 23.7. The van der Waals surface area contributed by atoms with E-state index >= 15 is 0 Å². The molecule has 7 atom stereocenters. The van der Waals surface area contributed by atoms with Crippen LogP contribution in [0.3, 0.4) is 0 Å². The van der Waals surface area contributed by atoms with Gasteiger partial charge in [0.25, 0.3) is 0 Å². The van der Waals surface area contributed by atoms with Gasteiger partial charge in [0.15, 0.2) is 11.5 Å². The number of methoxy groups -OCH3 is 1. The number of phenols is 1. The minimum absolute atomic E-state index is 0.0844. The topological polar surface area (TPSA) is 62.2 Å². The Hall–Kier alpha value is -1.30. The molecule has 5 fully saturated rings. The molecule has 2 heterocycles. The second kappa shape index (κ2) is 7.21. The molecule has 4 saturated carbocycles. The fraction of sp³-hybridized carbons (Fsp3) is 0.806. The Morgan fingerprint density at radius 2 is 1.83 bits per heavy atom. The summed E-state index contributed by atoms with van der Waals surface area (Å²) >= 11 is 0. The number of fused-ring (bicyclic) bond motifs is 3. The summed E-state index contributed by atoms with van der Waals surface area (Å²) in [5, 5.41) is 23.5. The zero-order chi connectivity index (χ0) is 26.1. The highest BCUT2D eigenvalue weighted by Crippen LogP contribution is 2.79. The van der Waals surface area contributed by atoms with E-state index in [2.05, 4.69) is 52.5 Å². The lowest BCUT2D eigenvalue weighted by Gasteiger charge is -2.77. The molecule has 2 N–H and O–H groups in total. The van der Waals surface area contributed by atoms with Crippen molar-refractivity contribution < 1.29 is 19.7 Å². The second-order valence-electron chi connectivity index (χ2n) is 14.4. The fourth-order valence-corrected chi connectivity index (χ4v) is 9.88. The van der Waals surface area contributed by atoms with Crippen molar-refractivity contribution in [2.45, 2.75) is 115 Å². The lowest BCUT2D eigenvalue weighted by molar-refractivity contribution is -0.342. The van der Waals surface area contributed by atoms with Crippen LogP contribution in [0.15, 0.2) is 12.1 Å². The van der Waals surface area contributed by atoms with E-state index in [-0.39, 0.29) is 27.9 Å². The van der Waals surface area contributed by atoms with Gasteiger partial charge in [-0.2, -0.15) is 0 Å². The molecule has 2 aliphatic heterocycles. The molecule has 1 saturated heterocycles. The normalized spacial score (nSPS) is 43.4. The van der Waals surface area contributed by atoms with Crippen molar-refractivity contribution in [3.8, 4) is 11.5 Å². The van der Waals surface area contributed by atoms with Crippen molar-refractivity contribution in [1.29, 1.82) is 0 Å². The van der Waals surface area contributed by atoms with Crippen molar-refractivity contribution in [2.24, 2.45) is 22.7 Å². The van der Waals surface area contributed by atoms with E-state index in [0.29, 0.717) is 11.8 Å². The van der Waals surface area contributed by atoms with Crippen LogP contribution in [0.5, 0.6) is 11.5 Å². The number of likely N-dealkylation sites (tertiary alicyclic amines) is 1. The van der Waals surface area contributed by atoms with Gasteiger partial charge in [0.2, 0.25) is 0 Å². The van der Waals surface area contributed by atoms with Crippen LogP contribution < -0.4 is 4.74 Å². The molecular weight excluding hydrogens is 450 g/mol. The highest BCUT2D eigenvalue weighted by Gasteiger charge is 2.85. The van der Waals surface area contributed by atoms with Crippen molar-refractivity contribution in [3.63, 3.8) is 0 Å². The van der Waals surface area contributed by atoms with Gasteiger partial charge >= 0.3 is 0 Å². The number of hydrogen-bond donors (Lipinski definition) is 2. The number of aryl methyl sites for hydroxylation is 1. The molecule has 2 unspecified atom stereocenters. The van der Waals surface area contributed by atoms with Gasteiger partial charge < -0.3 is 19.7 Å². The molecule has 2 spiro atoms. The Morgan fingerprint density at radius 3 is 2.44 bits per heavy atom. The first-order valence-corrected chi connectivity index (χ1v) is 14.3. The number of rotatable bonds is 4. The lowest BCUT2D eigenvalue weighted by Crippen LogP contribution is -2.86. The third kappa shape index (κ3) is 2.59. The SMILES string of the molecule is COC12CC[C@@]3(C[C@@H]1C(C)(O)C(C)(C)C)[C@@H](C)N(CC1CC1)CC[C@@]31c3c(C)ccc(O)c3O[C@]21C. The summed E-state index contributed by atoms with van der Waals surface area (Å²) in [5.41, 5.74) is -0.608. The largest absolute Gasteiger partial charge is 0.504 e. The van der Waals surface area contributed by atoms with Crippen LogP contribution in [-0.2, 0) is 10.2 Å². The summed E-state index contributed by atoms with van der Waals surface area (Å²) in [5.74, 6) is 1.63. The molecule has 4 aliphatic carbocycles. The maximum atomic E-state index is 12.3. The van der Waals surface area contributed by atoms with Crippen LogP contribution in [-0.4, -0.2) is 58.2 Å². The number of nitrogens with zero attached hydrogens (tertiary/aromatic N) is 1. The predicted molar refractivity (Wildman–Crippen MR) is 142 cm³/mol. The number of ether oxygens (including phenoxy) is 2. The van der Waals surface area contributed by atoms with Gasteiger partial charge in [-0.3, -0.25) is 4.90 Å². The van der Waals surface area contributed by atoms with Gasteiger partial charge in [-0.15, -0.1) is 0 Å². The molecule has 6 aliphatic rings. The summed E-state index contributed by atoms with van der Waals surface area (Å²) in [6.45, 7) is 17.6. The third-order valence-corrected chi connectivity index (χ3v) is 12.5. The molecule has 1 aromatic rings. The van der Waals surface area contributed by atoms with E-state index in [1.165, 1.54) is 30.5 Å². The zero-order valence-corrected chi connectivity index (χ0v) is 23.7. The average Bonchev–Trinajstić information content (AvgIpc) is 3.58. The summed E-state index contributed by atoms with van der Waals surface area (Å²) in [6, 6.07) is 4.21. The molecule has 5 nitrogen and oxygen atoms in total. The third-order valence-electron chi connectivity index (χ3n) is 12.5. The number of phenolic OH excluding ortho intramolecular Hbond substituents is 1. The first kappa shape index (κ1) is 25.0. The molecule has 36 heavy (non-hydrogen) atoms. The highest BCUT2D eigenvalue weighted by atomic mass is 16.6. The Morgan fingerprint density at radius 1 is 1.14 bits per heavy atom. The van der Waals surface area contributed by atoms with Crippen molar-refractivity contribution >= 4 is 0 Å². The molecule has 5 heteroatoms. The Labute approximate surface area is 217 Å². The maximum absolute atomic E-state index is 12.3. The predicted octanol–water partition coefficient (Wildman–Crippen LogP) is 5.58. The van der Waals surface area contributed by atoms with Gasteiger partial charge in [0, 0.05) is 36.6 Å². The van der Waals surface area contributed by atoms with Gasteiger partial charge in [-0.05, 0) is 95.7 Å². The average molecular weight is 498 g/mol. The summed E-state index contributed by atoms with van der Waals surface area (Å²) in [7, 11) is 1.83. The molecule has 1 aromatic carbocycles. The van der Waals surface area contributed by atoms with Crippen LogP contribution in [0.2, 0.25) is 0 Å². The highest BCUT2D eigenvalue weighted by molar-refractivity contribution is 5.63. The van der Waals surface area contributed by atoms with Crippen molar-refractivity contribution in [3.05, 3.63) is 23.3 Å². The first-order valence-electron chi connectivity index (χ1n) is 14.3. The minimum atomic E-state index is -0.959. The van der Waals surface area contributed by atoms with Crippen LogP contribution in [0.4, 0.5) is 0 Å². The Bertz CT molecular complexity index is 1090. The number of aliphatic hydroxyl groups is 1. The van der Waals surface area contributed by atoms with Crippen molar-refractivity contribution in [1.82, 2.24) is 4.90 Å². The fourth-order valence-electron chi connectivity index (χ4n) is 9.88. The summed E-state index contributed by atoms with van der Waals surface area (Å²) in [4.78, 5) is 2.76. The van der Waals surface area contributed by atoms with Gasteiger partial charge in [0.05, 0.1) is 11.0 Å². The molecule has 0 amide bonds. The van der Waals surface area contributed by atoms with Crippen molar-refractivity contribution in [2.75, 3.05) is 20.2 Å². The van der Waals surface area contributed by atoms with E-state index in [1.54, 1.807) is 6.07 Å². The summed E-state index contributed by atoms with van der Waals surface area (Å²) in [6.07, 6.45) is 6.51. The van der Waals surface area contributed by atoms with Crippen LogP contribution in [0.25, 0.3) is 0 Å². The molecule has 200 valence electrons. The van der Waals surface area contributed by atoms with Crippen LogP contribution in [0.1, 0.15) is 91.2 Å². The van der Waals surface area contributed by atoms with E-state index in [4.69, 9.17) is 9.47 Å². The number of benzene rings is 1. The minimum Gasteiger partial charge on any atom is -0.504 e. The number of hydrogen-bond acceptors (Lipinski definition) is 5. The smallest absolute Gasteiger partial charge is 0.166 e. The van der Waals surface area contributed by atoms with E-state index in [9.17, 15) is 10.2 Å². The van der Waals surface area contributed by atoms with Gasteiger partial charge in [-0.1, -0.05) is 26.8 Å². The number of aromatic hydroxyl groups is 1. The second-order valence-corrected chi connectivity index (χ2v) is 14.4. The summed E-state index contributed by atoms with van der Waals surface area (Å²) < 4.78 is 13.8. The molecule has 7 rings (SSSR count). The van der Waals surface area contributed by atoms with Crippen LogP contribution >= 0.6 is 0 Å². The van der Waals surface area contributed by atoms with E-state index in [0.717, 1.165) is 38.1 Å². The molecular formula is C31H47NO4. The molecule has 0 radical (unpaired) electrons.